The number of hydrazine groups is 1. The molecular weight excluding hydrogens is 420 g/mol. The number of carbonyl (C=O) groups excluding carboxylic acids is 2. The summed E-state index contributed by atoms with van der Waals surface area (Å²) in [7, 11) is 0. The van der Waals surface area contributed by atoms with E-state index in [2.05, 4.69) is 10.9 Å². The first-order valence-corrected chi connectivity index (χ1v) is 9.93. The van der Waals surface area contributed by atoms with E-state index in [1.807, 2.05) is 24.3 Å². The van der Waals surface area contributed by atoms with Crippen molar-refractivity contribution < 1.29 is 23.8 Å². The lowest BCUT2D eigenvalue weighted by Gasteiger charge is -2.25. The van der Waals surface area contributed by atoms with E-state index in [-0.39, 0.29) is 18.8 Å². The normalized spacial score (nSPS) is 14.4. The molecule has 3 aromatic rings. The van der Waals surface area contributed by atoms with Gasteiger partial charge in [0.1, 0.15) is 19.0 Å². The number of hydrogen-bond donors (Lipinski definition) is 2. The van der Waals surface area contributed by atoms with Gasteiger partial charge in [0.05, 0.1) is 5.56 Å². The van der Waals surface area contributed by atoms with Gasteiger partial charge in [-0.05, 0) is 30.3 Å². The molecule has 0 spiro atoms. The van der Waals surface area contributed by atoms with Gasteiger partial charge in [-0.15, -0.1) is 0 Å². The fraction of sp³-hybridized carbons (Fsp3) is 0.130. The fourth-order valence-corrected chi connectivity index (χ4v) is 3.16. The van der Waals surface area contributed by atoms with Crippen molar-refractivity contribution in [2.75, 3.05) is 6.61 Å². The standard InChI is InChI=1S/C23H19ClN2O5/c24-17-9-3-1-7-15(17)13-29-18-10-4-2-8-16(18)22(27)25-26-23(28)21-14-30-19-11-5-6-12-20(19)31-21/h1-12,21H,13-14H2,(H,25,27)(H,26,28). The van der Waals surface area contributed by atoms with E-state index in [1.165, 1.54) is 0 Å². The van der Waals surface area contributed by atoms with Crippen LogP contribution in [0.25, 0.3) is 0 Å². The third kappa shape index (κ3) is 4.90. The van der Waals surface area contributed by atoms with Crippen LogP contribution in [-0.2, 0) is 11.4 Å². The van der Waals surface area contributed by atoms with Crippen LogP contribution in [0.4, 0.5) is 0 Å². The average molecular weight is 439 g/mol. The zero-order chi connectivity index (χ0) is 21.6. The molecule has 3 aromatic carbocycles. The Kier molecular flexibility index (Phi) is 6.24. The molecule has 1 unspecified atom stereocenters. The van der Waals surface area contributed by atoms with Crippen LogP contribution in [0.5, 0.6) is 17.2 Å². The number of halogens is 1. The second-order valence-corrected chi connectivity index (χ2v) is 7.09. The van der Waals surface area contributed by atoms with E-state index >= 15 is 0 Å². The molecule has 8 heteroatoms. The number of carbonyl (C=O) groups is 2. The van der Waals surface area contributed by atoms with Gasteiger partial charge < -0.3 is 14.2 Å². The van der Waals surface area contributed by atoms with Crippen molar-refractivity contribution in [1.82, 2.24) is 10.9 Å². The quantitative estimate of drug-likeness (QED) is 0.595. The van der Waals surface area contributed by atoms with Gasteiger partial charge in [0.2, 0.25) is 6.10 Å². The number of para-hydroxylation sites is 3. The Morgan fingerprint density at radius 3 is 2.48 bits per heavy atom. The summed E-state index contributed by atoms with van der Waals surface area (Å²) >= 11 is 6.15. The lowest BCUT2D eigenvalue weighted by molar-refractivity contribution is -0.131. The number of benzene rings is 3. The maximum atomic E-state index is 12.6. The van der Waals surface area contributed by atoms with Crippen molar-refractivity contribution in [3.8, 4) is 17.2 Å². The molecule has 0 saturated carbocycles. The van der Waals surface area contributed by atoms with E-state index < -0.39 is 17.9 Å². The molecule has 31 heavy (non-hydrogen) atoms. The van der Waals surface area contributed by atoms with Crippen molar-refractivity contribution in [3.63, 3.8) is 0 Å². The van der Waals surface area contributed by atoms with Crippen molar-refractivity contribution in [1.29, 1.82) is 0 Å². The van der Waals surface area contributed by atoms with Crippen molar-refractivity contribution >= 4 is 23.4 Å². The van der Waals surface area contributed by atoms with Crippen LogP contribution >= 0.6 is 11.6 Å². The largest absolute Gasteiger partial charge is 0.488 e. The van der Waals surface area contributed by atoms with Crippen LogP contribution in [0, 0.1) is 0 Å². The highest BCUT2D eigenvalue weighted by Gasteiger charge is 2.27. The van der Waals surface area contributed by atoms with E-state index in [0.29, 0.717) is 22.3 Å². The van der Waals surface area contributed by atoms with Crippen LogP contribution in [0.15, 0.2) is 72.8 Å². The molecule has 2 amide bonds. The highest BCUT2D eigenvalue weighted by molar-refractivity contribution is 6.31. The second-order valence-electron chi connectivity index (χ2n) is 6.68. The number of rotatable bonds is 5. The first kappa shape index (κ1) is 20.6. The van der Waals surface area contributed by atoms with Gasteiger partial charge in [0, 0.05) is 10.6 Å². The molecule has 1 heterocycles. The van der Waals surface area contributed by atoms with E-state index in [9.17, 15) is 9.59 Å². The average Bonchev–Trinajstić information content (AvgIpc) is 2.81. The molecule has 4 rings (SSSR count). The number of fused-ring (bicyclic) bond motifs is 1. The van der Waals surface area contributed by atoms with E-state index in [4.69, 9.17) is 25.8 Å². The van der Waals surface area contributed by atoms with Gasteiger partial charge in [-0.1, -0.05) is 54.1 Å². The van der Waals surface area contributed by atoms with Gasteiger partial charge in [-0.25, -0.2) is 0 Å². The highest BCUT2D eigenvalue weighted by Crippen LogP contribution is 2.30. The maximum absolute atomic E-state index is 12.6. The molecule has 0 aromatic heterocycles. The minimum Gasteiger partial charge on any atom is -0.488 e. The predicted molar refractivity (Wildman–Crippen MR) is 114 cm³/mol. The number of nitrogens with one attached hydrogen (secondary N) is 2. The van der Waals surface area contributed by atoms with Gasteiger partial charge in [0.15, 0.2) is 11.5 Å². The van der Waals surface area contributed by atoms with Crippen LogP contribution in [0.3, 0.4) is 0 Å². The maximum Gasteiger partial charge on any atom is 0.283 e. The molecule has 0 radical (unpaired) electrons. The summed E-state index contributed by atoms with van der Waals surface area (Å²) in [4.78, 5) is 25.0. The molecule has 0 saturated heterocycles. The van der Waals surface area contributed by atoms with Crippen LogP contribution in [0.1, 0.15) is 15.9 Å². The van der Waals surface area contributed by atoms with Crippen LogP contribution < -0.4 is 25.1 Å². The molecular formula is C23H19ClN2O5. The summed E-state index contributed by atoms with van der Waals surface area (Å²) in [6.45, 7) is 0.235. The minimum atomic E-state index is -0.887. The molecule has 1 atom stereocenters. The molecule has 2 N–H and O–H groups in total. The first-order chi connectivity index (χ1) is 15.1. The lowest BCUT2D eigenvalue weighted by Crippen LogP contribution is -2.50. The molecule has 0 aliphatic carbocycles. The van der Waals surface area contributed by atoms with Gasteiger partial charge in [0.25, 0.3) is 11.8 Å². The summed E-state index contributed by atoms with van der Waals surface area (Å²) < 4.78 is 16.9. The number of hydrogen-bond acceptors (Lipinski definition) is 5. The van der Waals surface area contributed by atoms with Gasteiger partial charge >= 0.3 is 0 Å². The predicted octanol–water partition coefficient (Wildman–Crippen LogP) is 3.52. The van der Waals surface area contributed by atoms with Crippen molar-refractivity contribution in [2.45, 2.75) is 12.7 Å². The highest BCUT2D eigenvalue weighted by atomic mass is 35.5. The molecule has 0 bridgehead atoms. The summed E-state index contributed by atoms with van der Waals surface area (Å²) in [6.07, 6.45) is -0.887. The lowest BCUT2D eigenvalue weighted by atomic mass is 10.2. The fourth-order valence-electron chi connectivity index (χ4n) is 2.97. The third-order valence-electron chi connectivity index (χ3n) is 4.57. The van der Waals surface area contributed by atoms with Gasteiger partial charge in [-0.2, -0.15) is 0 Å². The SMILES string of the molecule is O=C(NNC(=O)C1COc2ccccc2O1)c1ccccc1OCc1ccccc1Cl. The smallest absolute Gasteiger partial charge is 0.283 e. The zero-order valence-electron chi connectivity index (χ0n) is 16.3. The molecule has 1 aliphatic heterocycles. The van der Waals surface area contributed by atoms with Gasteiger partial charge in [-0.3, -0.25) is 20.4 Å². The first-order valence-electron chi connectivity index (χ1n) is 9.56. The Morgan fingerprint density at radius 1 is 0.935 bits per heavy atom. The zero-order valence-corrected chi connectivity index (χ0v) is 17.1. The minimum absolute atomic E-state index is 0.0379. The molecule has 7 nitrogen and oxygen atoms in total. The molecule has 1 aliphatic rings. The number of amides is 2. The van der Waals surface area contributed by atoms with Crippen molar-refractivity contribution in [2.24, 2.45) is 0 Å². The Balaban J connectivity index is 1.36. The summed E-state index contributed by atoms with van der Waals surface area (Å²) in [5.74, 6) is 0.344. The summed E-state index contributed by atoms with van der Waals surface area (Å²) in [5, 5.41) is 0.577. The van der Waals surface area contributed by atoms with Crippen LogP contribution in [-0.4, -0.2) is 24.5 Å². The Hall–Kier alpha value is -3.71. The molecule has 0 fully saturated rings. The van der Waals surface area contributed by atoms with Crippen molar-refractivity contribution in [3.05, 3.63) is 88.9 Å². The Morgan fingerprint density at radius 2 is 1.65 bits per heavy atom. The second kappa shape index (κ2) is 9.40. The summed E-state index contributed by atoms with van der Waals surface area (Å²) in [5.41, 5.74) is 5.82. The molecule has 158 valence electrons. The summed E-state index contributed by atoms with van der Waals surface area (Å²) in [6, 6.07) is 21.1. The van der Waals surface area contributed by atoms with E-state index in [0.717, 1.165) is 5.56 Å². The number of ether oxygens (including phenoxy) is 3. The topological polar surface area (TPSA) is 85.9 Å². The Bertz CT molecular complexity index is 1100. The monoisotopic (exact) mass is 438 g/mol. The van der Waals surface area contributed by atoms with Crippen LogP contribution in [0.2, 0.25) is 5.02 Å². The Labute approximate surface area is 183 Å². The van der Waals surface area contributed by atoms with E-state index in [1.54, 1.807) is 48.5 Å². The third-order valence-corrected chi connectivity index (χ3v) is 4.94.